The van der Waals surface area contributed by atoms with Gasteiger partial charge in [0.25, 0.3) is 0 Å². The van der Waals surface area contributed by atoms with Crippen molar-refractivity contribution < 1.29 is 4.79 Å². The molecule has 0 saturated carbocycles. The van der Waals surface area contributed by atoms with Crippen LogP contribution in [-0.2, 0) is 24.2 Å². The standard InChI is InChI=1S/C13H14N2O/c14-8-13(16)15-9-10-5-6-11-3-1-2-4-12(11)7-10/h5-7H,1-4,9H2,(H,15,16). The summed E-state index contributed by atoms with van der Waals surface area (Å²) in [5.41, 5.74) is 3.90. The second kappa shape index (κ2) is 4.80. The Labute approximate surface area is 95.1 Å². The highest BCUT2D eigenvalue weighted by atomic mass is 16.1. The minimum Gasteiger partial charge on any atom is -0.339 e. The van der Waals surface area contributed by atoms with Crippen LogP contribution in [0.2, 0.25) is 0 Å². The van der Waals surface area contributed by atoms with E-state index in [-0.39, 0.29) is 0 Å². The molecule has 3 heteroatoms. The summed E-state index contributed by atoms with van der Waals surface area (Å²) in [5.74, 6) is -0.572. The van der Waals surface area contributed by atoms with E-state index in [0.717, 1.165) is 12.0 Å². The number of benzene rings is 1. The minimum atomic E-state index is -0.572. The lowest BCUT2D eigenvalue weighted by atomic mass is 9.90. The van der Waals surface area contributed by atoms with Gasteiger partial charge in [-0.1, -0.05) is 18.2 Å². The molecule has 0 fully saturated rings. The van der Waals surface area contributed by atoms with E-state index in [9.17, 15) is 4.79 Å². The second-order valence-corrected chi connectivity index (χ2v) is 4.10. The number of nitrogens with one attached hydrogen (secondary N) is 1. The van der Waals surface area contributed by atoms with Crippen LogP contribution in [0.1, 0.15) is 29.5 Å². The van der Waals surface area contributed by atoms with E-state index in [0.29, 0.717) is 6.54 Å². The molecule has 0 atom stereocenters. The SMILES string of the molecule is N#CC(=O)NCc1ccc2c(c1)CCCC2. The minimum absolute atomic E-state index is 0.444. The topological polar surface area (TPSA) is 52.9 Å². The Bertz CT molecular complexity index is 446. The van der Waals surface area contributed by atoms with E-state index in [1.54, 1.807) is 6.07 Å². The van der Waals surface area contributed by atoms with E-state index in [1.165, 1.54) is 30.4 Å². The molecule has 16 heavy (non-hydrogen) atoms. The lowest BCUT2D eigenvalue weighted by Crippen LogP contribution is -2.20. The van der Waals surface area contributed by atoms with Crippen molar-refractivity contribution in [1.29, 1.82) is 5.26 Å². The number of rotatable bonds is 2. The zero-order valence-electron chi connectivity index (χ0n) is 9.12. The molecule has 1 aliphatic rings. The van der Waals surface area contributed by atoms with Crippen molar-refractivity contribution in [2.45, 2.75) is 32.2 Å². The molecule has 0 spiro atoms. The van der Waals surface area contributed by atoms with Crippen molar-refractivity contribution >= 4 is 5.91 Å². The Kier molecular flexibility index (Phi) is 3.21. The summed E-state index contributed by atoms with van der Waals surface area (Å²) < 4.78 is 0. The van der Waals surface area contributed by atoms with Gasteiger partial charge in [0.2, 0.25) is 0 Å². The van der Waals surface area contributed by atoms with Crippen molar-refractivity contribution in [2.24, 2.45) is 0 Å². The van der Waals surface area contributed by atoms with Crippen LogP contribution < -0.4 is 5.32 Å². The molecule has 1 N–H and O–H groups in total. The van der Waals surface area contributed by atoms with Crippen LogP contribution in [0.25, 0.3) is 0 Å². The van der Waals surface area contributed by atoms with Gasteiger partial charge in [-0.2, -0.15) is 5.26 Å². The van der Waals surface area contributed by atoms with Crippen molar-refractivity contribution in [1.82, 2.24) is 5.32 Å². The molecule has 2 rings (SSSR count). The third kappa shape index (κ3) is 2.40. The monoisotopic (exact) mass is 214 g/mol. The third-order valence-electron chi connectivity index (χ3n) is 2.97. The Morgan fingerprint density at radius 1 is 1.31 bits per heavy atom. The number of nitriles is 1. The van der Waals surface area contributed by atoms with E-state index < -0.39 is 5.91 Å². The number of aryl methyl sites for hydroxylation is 2. The first-order valence-electron chi connectivity index (χ1n) is 5.58. The molecule has 1 aliphatic carbocycles. The van der Waals surface area contributed by atoms with Crippen LogP contribution in [0.5, 0.6) is 0 Å². The van der Waals surface area contributed by atoms with E-state index >= 15 is 0 Å². The quantitative estimate of drug-likeness (QED) is 0.762. The number of hydrogen-bond acceptors (Lipinski definition) is 2. The van der Waals surface area contributed by atoms with Gasteiger partial charge < -0.3 is 5.32 Å². The van der Waals surface area contributed by atoms with Gasteiger partial charge in [-0.15, -0.1) is 0 Å². The normalized spacial score (nSPS) is 13.7. The molecule has 0 heterocycles. The maximum atomic E-state index is 10.8. The van der Waals surface area contributed by atoms with Crippen molar-refractivity contribution in [2.75, 3.05) is 0 Å². The molecule has 1 amide bonds. The Hall–Kier alpha value is -1.82. The summed E-state index contributed by atoms with van der Waals surface area (Å²) in [4.78, 5) is 10.8. The zero-order chi connectivity index (χ0) is 11.4. The molecule has 0 aromatic heterocycles. The summed E-state index contributed by atoms with van der Waals surface area (Å²) >= 11 is 0. The number of carbonyl (C=O) groups is 1. The lowest BCUT2D eigenvalue weighted by Gasteiger charge is -2.16. The van der Waals surface area contributed by atoms with E-state index in [1.807, 2.05) is 6.07 Å². The van der Waals surface area contributed by atoms with Crippen LogP contribution in [0, 0.1) is 11.3 Å². The van der Waals surface area contributed by atoms with Gasteiger partial charge in [0.1, 0.15) is 0 Å². The predicted octanol–water partition coefficient (Wildman–Crippen LogP) is 1.71. The maximum Gasteiger partial charge on any atom is 0.322 e. The van der Waals surface area contributed by atoms with Gasteiger partial charge in [-0.3, -0.25) is 4.79 Å². The average molecular weight is 214 g/mol. The van der Waals surface area contributed by atoms with Crippen LogP contribution in [-0.4, -0.2) is 5.91 Å². The highest BCUT2D eigenvalue weighted by Crippen LogP contribution is 2.22. The smallest absolute Gasteiger partial charge is 0.322 e. The molecule has 0 unspecified atom stereocenters. The fourth-order valence-electron chi connectivity index (χ4n) is 2.12. The number of hydrogen-bond donors (Lipinski definition) is 1. The molecule has 82 valence electrons. The number of carbonyl (C=O) groups excluding carboxylic acids is 1. The molecule has 0 aliphatic heterocycles. The van der Waals surface area contributed by atoms with Crippen molar-refractivity contribution in [3.05, 3.63) is 34.9 Å². The Balaban J connectivity index is 2.06. The first-order chi connectivity index (χ1) is 7.79. The number of nitrogens with zero attached hydrogens (tertiary/aromatic N) is 1. The maximum absolute atomic E-state index is 10.8. The molecule has 1 aromatic carbocycles. The molecule has 1 aromatic rings. The highest BCUT2D eigenvalue weighted by molar-refractivity contribution is 5.91. The highest BCUT2D eigenvalue weighted by Gasteiger charge is 2.09. The molecule has 0 saturated heterocycles. The molecule has 0 radical (unpaired) electrons. The molecule has 3 nitrogen and oxygen atoms in total. The largest absolute Gasteiger partial charge is 0.339 e. The van der Waals surface area contributed by atoms with Gasteiger partial charge in [0, 0.05) is 6.54 Å². The summed E-state index contributed by atoms with van der Waals surface area (Å²) in [6.45, 7) is 0.444. The van der Waals surface area contributed by atoms with E-state index in [2.05, 4.69) is 17.4 Å². The Morgan fingerprint density at radius 2 is 2.06 bits per heavy atom. The van der Waals surface area contributed by atoms with Crippen LogP contribution in [0.15, 0.2) is 18.2 Å². The summed E-state index contributed by atoms with van der Waals surface area (Å²) in [5, 5.41) is 10.9. The van der Waals surface area contributed by atoms with Gasteiger partial charge >= 0.3 is 5.91 Å². The molecule has 0 bridgehead atoms. The third-order valence-corrected chi connectivity index (χ3v) is 2.97. The van der Waals surface area contributed by atoms with Crippen molar-refractivity contribution in [3.8, 4) is 6.07 Å². The molecular weight excluding hydrogens is 200 g/mol. The molecular formula is C13H14N2O. The van der Waals surface area contributed by atoms with Crippen LogP contribution in [0.3, 0.4) is 0 Å². The van der Waals surface area contributed by atoms with Gasteiger partial charge in [0.15, 0.2) is 6.07 Å². The van der Waals surface area contributed by atoms with Crippen LogP contribution >= 0.6 is 0 Å². The van der Waals surface area contributed by atoms with Gasteiger partial charge in [-0.25, -0.2) is 0 Å². The first kappa shape index (κ1) is 10.7. The summed E-state index contributed by atoms with van der Waals surface area (Å²) in [6, 6.07) is 7.86. The number of fused-ring (bicyclic) bond motifs is 1. The second-order valence-electron chi connectivity index (χ2n) is 4.10. The van der Waals surface area contributed by atoms with Crippen LogP contribution in [0.4, 0.5) is 0 Å². The van der Waals surface area contributed by atoms with Crippen molar-refractivity contribution in [3.63, 3.8) is 0 Å². The fourth-order valence-corrected chi connectivity index (χ4v) is 2.12. The van der Waals surface area contributed by atoms with E-state index in [4.69, 9.17) is 5.26 Å². The summed E-state index contributed by atoms with van der Waals surface area (Å²) in [6.07, 6.45) is 4.83. The zero-order valence-corrected chi connectivity index (χ0v) is 9.12. The Morgan fingerprint density at radius 3 is 2.81 bits per heavy atom. The fraction of sp³-hybridized carbons (Fsp3) is 0.385. The first-order valence-corrected chi connectivity index (χ1v) is 5.58. The predicted molar refractivity (Wildman–Crippen MR) is 60.5 cm³/mol. The lowest BCUT2D eigenvalue weighted by molar-refractivity contribution is -0.116. The van der Waals surface area contributed by atoms with Gasteiger partial charge in [-0.05, 0) is 42.4 Å². The number of amides is 1. The van der Waals surface area contributed by atoms with Gasteiger partial charge in [0.05, 0.1) is 0 Å². The summed E-state index contributed by atoms with van der Waals surface area (Å²) in [7, 11) is 0. The average Bonchev–Trinajstić information content (AvgIpc) is 2.35.